The minimum atomic E-state index is -3.87. The molecule has 0 spiro atoms. The maximum Gasteiger partial charge on any atom is 0.261 e. The molecule has 30 heavy (non-hydrogen) atoms. The Balaban J connectivity index is 1.60. The highest BCUT2D eigenvalue weighted by atomic mass is 35.5. The number of nitriles is 1. The normalized spacial score (nSPS) is 13.8. The Hall–Kier alpha value is -3.34. The van der Waals surface area contributed by atoms with Crippen molar-refractivity contribution in [1.82, 2.24) is 0 Å². The van der Waals surface area contributed by atoms with E-state index in [2.05, 4.69) is 16.1 Å². The Morgan fingerprint density at radius 1 is 1.07 bits per heavy atom. The van der Waals surface area contributed by atoms with Crippen LogP contribution in [0.25, 0.3) is 0 Å². The van der Waals surface area contributed by atoms with Crippen LogP contribution < -0.4 is 10.0 Å². The summed E-state index contributed by atoms with van der Waals surface area (Å²) in [4.78, 5) is 11.5. The number of halogens is 1. The molecule has 0 aliphatic carbocycles. The summed E-state index contributed by atoms with van der Waals surface area (Å²) in [6.45, 7) is 0. The topological polar surface area (TPSA) is 99.1 Å². The molecule has 1 atom stereocenters. The summed E-state index contributed by atoms with van der Waals surface area (Å²) in [7, 11) is -3.87. The molecule has 3 aromatic rings. The third-order valence-corrected chi connectivity index (χ3v) is 6.54. The molecule has 1 aliphatic rings. The largest absolute Gasteiger partial charge is 0.326 e. The minimum Gasteiger partial charge on any atom is -0.326 e. The van der Waals surface area contributed by atoms with Crippen molar-refractivity contribution < 1.29 is 13.2 Å². The summed E-state index contributed by atoms with van der Waals surface area (Å²) in [5.41, 5.74) is 2.93. The molecular formula is C22H16ClN3O3S. The number of sulfonamides is 1. The lowest BCUT2D eigenvalue weighted by Gasteiger charge is -2.14. The van der Waals surface area contributed by atoms with Gasteiger partial charge in [-0.2, -0.15) is 5.26 Å². The molecule has 0 saturated carbocycles. The Bertz CT molecular complexity index is 1280. The summed E-state index contributed by atoms with van der Waals surface area (Å²) < 4.78 is 28.1. The molecule has 2 N–H and O–H groups in total. The number of rotatable bonds is 5. The van der Waals surface area contributed by atoms with Gasteiger partial charge >= 0.3 is 0 Å². The zero-order chi connectivity index (χ0) is 21.3. The molecule has 0 bridgehead atoms. The van der Waals surface area contributed by atoms with Gasteiger partial charge in [0.1, 0.15) is 0 Å². The molecule has 8 heteroatoms. The number of carbonyl (C=O) groups is 1. The van der Waals surface area contributed by atoms with Crippen molar-refractivity contribution in [2.24, 2.45) is 0 Å². The summed E-state index contributed by atoms with van der Waals surface area (Å²) in [6.07, 6.45) is 0.147. The van der Waals surface area contributed by atoms with Crippen molar-refractivity contribution in [3.63, 3.8) is 0 Å². The second-order valence-electron chi connectivity index (χ2n) is 6.86. The quantitative estimate of drug-likeness (QED) is 0.621. The highest BCUT2D eigenvalue weighted by Gasteiger charge is 2.23. The van der Waals surface area contributed by atoms with E-state index in [4.69, 9.17) is 11.6 Å². The third-order valence-electron chi connectivity index (χ3n) is 4.84. The van der Waals surface area contributed by atoms with Crippen molar-refractivity contribution in [3.05, 3.63) is 88.4 Å². The van der Waals surface area contributed by atoms with Crippen LogP contribution in [0.1, 0.15) is 22.6 Å². The molecular weight excluding hydrogens is 422 g/mol. The first-order chi connectivity index (χ1) is 14.4. The maximum absolute atomic E-state index is 12.8. The summed E-state index contributed by atoms with van der Waals surface area (Å²) in [6, 6.07) is 20.7. The van der Waals surface area contributed by atoms with Crippen LogP contribution in [0.4, 0.5) is 11.4 Å². The molecule has 1 aliphatic heterocycles. The summed E-state index contributed by atoms with van der Waals surface area (Å²) in [5, 5.41) is 12.6. The number of hydrogen-bond donors (Lipinski definition) is 2. The number of fused-ring (bicyclic) bond motifs is 1. The Kier molecular flexibility index (Phi) is 5.20. The zero-order valence-corrected chi connectivity index (χ0v) is 17.2. The molecule has 1 amide bonds. The average Bonchev–Trinajstić information content (AvgIpc) is 3.10. The molecule has 0 fully saturated rings. The highest BCUT2D eigenvalue weighted by molar-refractivity contribution is 7.92. The molecule has 0 saturated heterocycles. The number of benzene rings is 3. The van der Waals surface area contributed by atoms with E-state index in [-0.39, 0.29) is 27.9 Å². The van der Waals surface area contributed by atoms with Crippen LogP contribution in [0.2, 0.25) is 5.02 Å². The number of amides is 1. The van der Waals surface area contributed by atoms with Gasteiger partial charge in [-0.05, 0) is 47.0 Å². The maximum atomic E-state index is 12.8. The van der Waals surface area contributed by atoms with E-state index in [1.807, 2.05) is 30.3 Å². The van der Waals surface area contributed by atoms with Gasteiger partial charge in [-0.1, -0.05) is 48.0 Å². The Labute approximate surface area is 179 Å². The van der Waals surface area contributed by atoms with Crippen molar-refractivity contribution in [2.75, 3.05) is 10.0 Å². The van der Waals surface area contributed by atoms with E-state index in [1.54, 1.807) is 18.2 Å². The van der Waals surface area contributed by atoms with E-state index < -0.39 is 15.9 Å². The second-order valence-corrected chi connectivity index (χ2v) is 8.95. The summed E-state index contributed by atoms with van der Waals surface area (Å²) in [5.74, 6) is -0.730. The fourth-order valence-corrected chi connectivity index (χ4v) is 4.77. The van der Waals surface area contributed by atoms with Gasteiger partial charge in [-0.25, -0.2) is 8.42 Å². The fourth-order valence-electron chi connectivity index (χ4n) is 3.38. The number of nitrogens with zero attached hydrogens (tertiary/aromatic N) is 1. The van der Waals surface area contributed by atoms with Crippen molar-refractivity contribution in [3.8, 4) is 6.07 Å². The van der Waals surface area contributed by atoms with E-state index in [0.29, 0.717) is 16.8 Å². The molecule has 0 aromatic heterocycles. The van der Waals surface area contributed by atoms with E-state index in [9.17, 15) is 18.5 Å². The van der Waals surface area contributed by atoms with E-state index in [1.165, 1.54) is 18.2 Å². The van der Waals surface area contributed by atoms with Crippen molar-refractivity contribution in [2.45, 2.75) is 17.2 Å². The minimum absolute atomic E-state index is 0.0529. The molecule has 150 valence electrons. The van der Waals surface area contributed by atoms with E-state index >= 15 is 0 Å². The van der Waals surface area contributed by atoms with Gasteiger partial charge in [0, 0.05) is 10.7 Å². The Morgan fingerprint density at radius 2 is 1.83 bits per heavy atom. The molecule has 4 rings (SSSR count). The first-order valence-corrected chi connectivity index (χ1v) is 10.9. The van der Waals surface area contributed by atoms with Crippen LogP contribution in [0.15, 0.2) is 71.6 Å². The predicted molar refractivity (Wildman–Crippen MR) is 115 cm³/mol. The van der Waals surface area contributed by atoms with Crippen molar-refractivity contribution in [1.29, 1.82) is 5.26 Å². The monoisotopic (exact) mass is 437 g/mol. The standard InChI is InChI=1S/C22H16ClN3O3S/c23-20-12-16(6-8-18(20)19(13-24)14-4-2-1-3-5-14)26-30(28,29)17-7-9-21-15(10-17)11-22(27)25-21/h1-10,12,19,26H,11H2,(H,25,27). The molecule has 0 radical (unpaired) electrons. The first kappa shape index (κ1) is 20.0. The van der Waals surface area contributed by atoms with Crippen molar-refractivity contribution >= 4 is 38.9 Å². The van der Waals surface area contributed by atoms with Crippen LogP contribution in [0.5, 0.6) is 0 Å². The van der Waals surface area contributed by atoms with Crippen LogP contribution in [0, 0.1) is 11.3 Å². The second kappa shape index (κ2) is 7.82. The van der Waals surface area contributed by atoms with Gasteiger partial charge in [0.2, 0.25) is 5.91 Å². The molecule has 3 aromatic carbocycles. The molecule has 1 unspecified atom stereocenters. The van der Waals surface area contributed by atoms with Gasteiger partial charge in [-0.15, -0.1) is 0 Å². The first-order valence-electron chi connectivity index (χ1n) is 9.07. The van der Waals surface area contributed by atoms with E-state index in [0.717, 1.165) is 5.56 Å². The van der Waals surface area contributed by atoms with Crippen LogP contribution in [-0.2, 0) is 21.2 Å². The fraction of sp³-hybridized carbons (Fsp3) is 0.0909. The van der Waals surface area contributed by atoms with Crippen LogP contribution in [-0.4, -0.2) is 14.3 Å². The number of hydrogen-bond acceptors (Lipinski definition) is 4. The molecule has 6 nitrogen and oxygen atoms in total. The van der Waals surface area contributed by atoms with Gasteiger partial charge < -0.3 is 5.32 Å². The lowest BCUT2D eigenvalue weighted by molar-refractivity contribution is -0.115. The third kappa shape index (κ3) is 3.88. The smallest absolute Gasteiger partial charge is 0.261 e. The number of carbonyl (C=O) groups excluding carboxylic acids is 1. The van der Waals surface area contributed by atoms with Gasteiger partial charge in [0.05, 0.1) is 29.0 Å². The Morgan fingerprint density at radius 3 is 2.53 bits per heavy atom. The number of nitrogens with one attached hydrogen (secondary N) is 2. The lowest BCUT2D eigenvalue weighted by Crippen LogP contribution is -2.13. The van der Waals surface area contributed by atoms with Crippen LogP contribution >= 0.6 is 11.6 Å². The number of anilines is 2. The van der Waals surface area contributed by atoms with Gasteiger partial charge in [0.25, 0.3) is 10.0 Å². The molecule has 1 heterocycles. The predicted octanol–water partition coefficient (Wildman–Crippen LogP) is 4.29. The average molecular weight is 438 g/mol. The van der Waals surface area contributed by atoms with Crippen LogP contribution in [0.3, 0.4) is 0 Å². The van der Waals surface area contributed by atoms with Gasteiger partial charge in [0.15, 0.2) is 0 Å². The SMILES string of the molecule is N#CC(c1ccccc1)c1ccc(NS(=O)(=O)c2ccc3c(c2)CC(=O)N3)cc1Cl. The zero-order valence-electron chi connectivity index (χ0n) is 15.6. The summed E-state index contributed by atoms with van der Waals surface area (Å²) >= 11 is 6.39. The lowest BCUT2D eigenvalue weighted by atomic mass is 9.92. The highest BCUT2D eigenvalue weighted by Crippen LogP contribution is 2.33. The van der Waals surface area contributed by atoms with Gasteiger partial charge in [-0.3, -0.25) is 9.52 Å².